The van der Waals surface area contributed by atoms with E-state index in [1.54, 1.807) is 19.9 Å². The summed E-state index contributed by atoms with van der Waals surface area (Å²) in [6.07, 6.45) is 0.841. The van der Waals surface area contributed by atoms with E-state index in [9.17, 15) is 8.42 Å². The topological polar surface area (TPSA) is 85.3 Å². The molecule has 0 bridgehead atoms. The van der Waals surface area contributed by atoms with E-state index in [0.29, 0.717) is 22.8 Å². The number of nitrogens with one attached hydrogen (secondary N) is 1. The number of hydrogen-bond donors (Lipinski definition) is 2. The van der Waals surface area contributed by atoms with Gasteiger partial charge in [0, 0.05) is 17.8 Å². The third-order valence-corrected chi connectivity index (χ3v) is 4.96. The first-order chi connectivity index (χ1) is 9.89. The van der Waals surface area contributed by atoms with Crippen LogP contribution in [0.3, 0.4) is 0 Å². The van der Waals surface area contributed by atoms with E-state index < -0.39 is 10.0 Å². The van der Waals surface area contributed by atoms with Crippen LogP contribution in [0.4, 0.5) is 5.69 Å². The Kier molecular flexibility index (Phi) is 4.39. The monoisotopic (exact) mass is 308 g/mol. The highest BCUT2D eigenvalue weighted by Gasteiger charge is 2.26. The van der Waals surface area contributed by atoms with Gasteiger partial charge < -0.3 is 10.2 Å². The van der Waals surface area contributed by atoms with Crippen molar-refractivity contribution in [3.05, 3.63) is 46.9 Å². The van der Waals surface area contributed by atoms with Crippen molar-refractivity contribution >= 4 is 15.7 Å². The summed E-state index contributed by atoms with van der Waals surface area (Å²) in [4.78, 5) is 0.143. The second-order valence-corrected chi connectivity index (χ2v) is 6.50. The van der Waals surface area contributed by atoms with Gasteiger partial charge >= 0.3 is 0 Å². The van der Waals surface area contributed by atoms with Gasteiger partial charge in [0.1, 0.15) is 16.4 Å². The zero-order valence-corrected chi connectivity index (χ0v) is 13.3. The molecule has 0 radical (unpaired) electrons. The van der Waals surface area contributed by atoms with Crippen LogP contribution in [-0.2, 0) is 23.0 Å². The average Bonchev–Trinajstić information content (AvgIpc) is 2.73. The molecule has 1 aromatic heterocycles. The lowest BCUT2D eigenvalue weighted by atomic mass is 10.1. The minimum absolute atomic E-state index is 0.119. The molecule has 0 saturated carbocycles. The van der Waals surface area contributed by atoms with Crippen LogP contribution >= 0.6 is 0 Å². The fourth-order valence-corrected chi connectivity index (χ4v) is 3.87. The van der Waals surface area contributed by atoms with E-state index >= 15 is 0 Å². The Bertz CT molecular complexity index is 748. The van der Waals surface area contributed by atoms with E-state index in [2.05, 4.69) is 4.72 Å². The van der Waals surface area contributed by atoms with Gasteiger partial charge in [0.15, 0.2) is 0 Å². The molecule has 21 heavy (non-hydrogen) atoms. The summed E-state index contributed by atoms with van der Waals surface area (Å²) in [7, 11) is -3.71. The quantitative estimate of drug-likeness (QED) is 0.889. The van der Waals surface area contributed by atoms with Crippen LogP contribution < -0.4 is 10.5 Å². The number of benzene rings is 1. The van der Waals surface area contributed by atoms with Gasteiger partial charge in [-0.25, -0.2) is 8.42 Å². The second kappa shape index (κ2) is 5.91. The molecule has 2 rings (SSSR count). The van der Waals surface area contributed by atoms with Crippen molar-refractivity contribution in [2.24, 2.45) is 5.73 Å². The van der Waals surface area contributed by atoms with E-state index in [0.717, 1.165) is 12.0 Å². The van der Waals surface area contributed by atoms with Gasteiger partial charge in [-0.1, -0.05) is 19.1 Å². The van der Waals surface area contributed by atoms with Gasteiger partial charge in [-0.15, -0.1) is 0 Å². The van der Waals surface area contributed by atoms with Crippen LogP contribution in [0.25, 0.3) is 0 Å². The summed E-state index contributed by atoms with van der Waals surface area (Å²) >= 11 is 0. The molecule has 5 nitrogen and oxygen atoms in total. The predicted octanol–water partition coefficient (Wildman–Crippen LogP) is 2.72. The Morgan fingerprint density at radius 1 is 1.24 bits per heavy atom. The first-order valence-electron chi connectivity index (χ1n) is 6.79. The summed E-state index contributed by atoms with van der Waals surface area (Å²) in [5.74, 6) is 0.893. The lowest BCUT2D eigenvalue weighted by molar-refractivity contribution is 0.494. The minimum atomic E-state index is -3.71. The van der Waals surface area contributed by atoms with E-state index in [1.807, 2.05) is 25.1 Å². The Hall–Kier alpha value is -1.79. The molecule has 6 heteroatoms. The molecule has 114 valence electrons. The largest absolute Gasteiger partial charge is 0.465 e. The molecule has 0 aliphatic heterocycles. The molecular formula is C15H20N2O3S. The van der Waals surface area contributed by atoms with Gasteiger partial charge in [0.05, 0.1) is 0 Å². The second-order valence-electron chi connectivity index (χ2n) is 4.89. The maximum atomic E-state index is 12.6. The Balaban J connectivity index is 2.43. The smallest absolute Gasteiger partial charge is 0.265 e. The highest BCUT2D eigenvalue weighted by Crippen LogP contribution is 2.28. The molecule has 0 amide bonds. The number of hydrogen-bond acceptors (Lipinski definition) is 4. The fourth-order valence-electron chi connectivity index (χ4n) is 2.36. The molecule has 3 N–H and O–H groups in total. The Morgan fingerprint density at radius 2 is 1.95 bits per heavy atom. The van der Waals surface area contributed by atoms with Gasteiger partial charge in [-0.05, 0) is 38.0 Å². The van der Waals surface area contributed by atoms with Gasteiger partial charge in [-0.2, -0.15) is 0 Å². The molecule has 0 fully saturated rings. The number of furan rings is 1. The molecular weight excluding hydrogens is 288 g/mol. The van der Waals surface area contributed by atoms with Crippen LogP contribution in [0.15, 0.2) is 33.6 Å². The van der Waals surface area contributed by atoms with Crippen LogP contribution in [0.1, 0.15) is 29.6 Å². The molecule has 2 aromatic rings. The molecule has 0 atom stereocenters. The summed E-state index contributed by atoms with van der Waals surface area (Å²) < 4.78 is 33.2. The normalized spacial score (nSPS) is 11.6. The van der Waals surface area contributed by atoms with E-state index in [1.165, 1.54) is 0 Å². The highest BCUT2D eigenvalue weighted by molar-refractivity contribution is 7.92. The number of nitrogens with two attached hydrogens (primary N) is 1. The van der Waals surface area contributed by atoms with Crippen molar-refractivity contribution in [3.63, 3.8) is 0 Å². The zero-order valence-electron chi connectivity index (χ0n) is 12.4. The van der Waals surface area contributed by atoms with Gasteiger partial charge in [0.2, 0.25) is 0 Å². The molecule has 1 aromatic carbocycles. The number of anilines is 1. The van der Waals surface area contributed by atoms with Crippen molar-refractivity contribution < 1.29 is 12.8 Å². The summed E-state index contributed by atoms with van der Waals surface area (Å²) in [5.41, 5.74) is 7.77. The van der Waals surface area contributed by atoms with Crippen molar-refractivity contribution in [2.45, 2.75) is 38.6 Å². The SMILES string of the molecule is CCc1cccc(NS(=O)(=O)c2c(C)oc(C)c2CN)c1. The lowest BCUT2D eigenvalue weighted by Gasteiger charge is -2.10. The molecule has 0 aliphatic rings. The van der Waals surface area contributed by atoms with Crippen LogP contribution in [-0.4, -0.2) is 8.42 Å². The molecule has 1 heterocycles. The maximum absolute atomic E-state index is 12.6. The summed E-state index contributed by atoms with van der Waals surface area (Å²) in [6, 6.07) is 7.33. The third kappa shape index (κ3) is 3.11. The van der Waals surface area contributed by atoms with E-state index in [-0.39, 0.29) is 11.4 Å². The standard InChI is InChI=1S/C15H20N2O3S/c1-4-12-6-5-7-13(8-12)17-21(18,19)15-11(3)20-10(2)14(15)9-16/h5-8,17H,4,9,16H2,1-3H3. The maximum Gasteiger partial charge on any atom is 0.265 e. The van der Waals surface area contributed by atoms with Crippen molar-refractivity contribution in [1.29, 1.82) is 0 Å². The number of rotatable bonds is 5. The Labute approximate surface area is 125 Å². The first-order valence-corrected chi connectivity index (χ1v) is 8.28. The van der Waals surface area contributed by atoms with Crippen LogP contribution in [0.2, 0.25) is 0 Å². The number of sulfonamides is 1. The van der Waals surface area contributed by atoms with E-state index in [4.69, 9.17) is 10.2 Å². The number of aryl methyl sites for hydroxylation is 3. The molecule has 0 spiro atoms. The summed E-state index contributed by atoms with van der Waals surface area (Å²) in [5, 5.41) is 0. The fraction of sp³-hybridized carbons (Fsp3) is 0.333. The average molecular weight is 308 g/mol. The first kappa shape index (κ1) is 15.6. The van der Waals surface area contributed by atoms with Gasteiger partial charge in [0.25, 0.3) is 10.0 Å². The zero-order chi connectivity index (χ0) is 15.6. The predicted molar refractivity (Wildman–Crippen MR) is 82.7 cm³/mol. The van der Waals surface area contributed by atoms with Crippen molar-refractivity contribution in [1.82, 2.24) is 0 Å². The lowest BCUT2D eigenvalue weighted by Crippen LogP contribution is -2.16. The van der Waals surface area contributed by atoms with Gasteiger partial charge in [-0.3, -0.25) is 4.72 Å². The van der Waals surface area contributed by atoms with Crippen LogP contribution in [0, 0.1) is 13.8 Å². The summed E-state index contributed by atoms with van der Waals surface area (Å²) in [6.45, 7) is 5.48. The molecule has 0 aliphatic carbocycles. The third-order valence-electron chi connectivity index (χ3n) is 3.39. The Morgan fingerprint density at radius 3 is 2.57 bits per heavy atom. The molecule has 0 unspecified atom stereocenters. The highest BCUT2D eigenvalue weighted by atomic mass is 32.2. The minimum Gasteiger partial charge on any atom is -0.465 e. The molecule has 0 saturated heterocycles. The van der Waals surface area contributed by atoms with Crippen molar-refractivity contribution in [3.8, 4) is 0 Å². The van der Waals surface area contributed by atoms with Crippen LogP contribution in [0.5, 0.6) is 0 Å². The van der Waals surface area contributed by atoms with Crippen molar-refractivity contribution in [2.75, 3.05) is 4.72 Å².